The van der Waals surface area contributed by atoms with E-state index in [1.54, 1.807) is 6.26 Å². The van der Waals surface area contributed by atoms with Crippen molar-refractivity contribution < 1.29 is 4.74 Å². The fourth-order valence-electron chi connectivity index (χ4n) is 1.70. The zero-order valence-corrected chi connectivity index (χ0v) is 11.1. The van der Waals surface area contributed by atoms with Gasteiger partial charge in [0, 0.05) is 18.8 Å². The summed E-state index contributed by atoms with van der Waals surface area (Å²) in [5.74, 6) is 0. The van der Waals surface area contributed by atoms with Gasteiger partial charge in [-0.15, -0.1) is 0 Å². The van der Waals surface area contributed by atoms with Gasteiger partial charge >= 0.3 is 0 Å². The Labute approximate surface area is 105 Å². The standard InChI is InChI=1S/C15H23NO/c1-4-7-12-17-13-14-8-10-15(11-9-14)16(5-2)6-3/h7-12H,4-6,13H2,1-3H3. The van der Waals surface area contributed by atoms with Crippen LogP contribution < -0.4 is 4.90 Å². The topological polar surface area (TPSA) is 12.5 Å². The lowest BCUT2D eigenvalue weighted by molar-refractivity contribution is 0.235. The lowest BCUT2D eigenvalue weighted by atomic mass is 10.2. The Hall–Kier alpha value is -1.44. The molecule has 0 saturated heterocycles. The molecule has 17 heavy (non-hydrogen) atoms. The molecule has 2 nitrogen and oxygen atoms in total. The summed E-state index contributed by atoms with van der Waals surface area (Å²) >= 11 is 0. The molecule has 0 aromatic heterocycles. The van der Waals surface area contributed by atoms with Gasteiger partial charge in [0.1, 0.15) is 6.61 Å². The highest BCUT2D eigenvalue weighted by atomic mass is 16.5. The van der Waals surface area contributed by atoms with Crippen LogP contribution in [0.25, 0.3) is 0 Å². The van der Waals surface area contributed by atoms with Crippen LogP contribution in [0.3, 0.4) is 0 Å². The summed E-state index contributed by atoms with van der Waals surface area (Å²) in [4.78, 5) is 2.33. The van der Waals surface area contributed by atoms with Crippen LogP contribution in [0, 0.1) is 0 Å². The predicted octanol–water partition coefficient (Wildman–Crippen LogP) is 3.97. The van der Waals surface area contributed by atoms with E-state index >= 15 is 0 Å². The summed E-state index contributed by atoms with van der Waals surface area (Å²) in [5.41, 5.74) is 2.49. The molecule has 1 rings (SSSR count). The minimum atomic E-state index is 0.648. The average Bonchev–Trinajstić information content (AvgIpc) is 2.38. The van der Waals surface area contributed by atoms with E-state index in [4.69, 9.17) is 4.74 Å². The number of anilines is 1. The molecule has 0 spiro atoms. The largest absolute Gasteiger partial charge is 0.497 e. The van der Waals surface area contributed by atoms with Gasteiger partial charge in [0.25, 0.3) is 0 Å². The van der Waals surface area contributed by atoms with Gasteiger partial charge < -0.3 is 9.64 Å². The maximum Gasteiger partial charge on any atom is 0.112 e. The van der Waals surface area contributed by atoms with E-state index in [1.807, 2.05) is 6.08 Å². The van der Waals surface area contributed by atoms with E-state index in [0.717, 1.165) is 19.5 Å². The molecule has 94 valence electrons. The number of ether oxygens (including phenoxy) is 1. The van der Waals surface area contributed by atoms with Gasteiger partial charge in [-0.3, -0.25) is 0 Å². The molecular weight excluding hydrogens is 210 g/mol. The first-order valence-electron chi connectivity index (χ1n) is 6.42. The molecule has 0 amide bonds. The highest BCUT2D eigenvalue weighted by molar-refractivity contribution is 5.47. The Morgan fingerprint density at radius 1 is 1.06 bits per heavy atom. The predicted molar refractivity (Wildman–Crippen MR) is 74.2 cm³/mol. The molecule has 0 N–H and O–H groups in total. The van der Waals surface area contributed by atoms with Gasteiger partial charge in [-0.1, -0.05) is 25.1 Å². The number of hydrogen-bond acceptors (Lipinski definition) is 2. The van der Waals surface area contributed by atoms with Crippen molar-refractivity contribution in [3.8, 4) is 0 Å². The van der Waals surface area contributed by atoms with E-state index in [-0.39, 0.29) is 0 Å². The van der Waals surface area contributed by atoms with Gasteiger partial charge in [-0.2, -0.15) is 0 Å². The summed E-state index contributed by atoms with van der Waals surface area (Å²) in [7, 11) is 0. The second kappa shape index (κ2) is 7.77. The first kappa shape index (κ1) is 13.6. The van der Waals surface area contributed by atoms with E-state index in [0.29, 0.717) is 6.61 Å². The Morgan fingerprint density at radius 2 is 1.71 bits per heavy atom. The van der Waals surface area contributed by atoms with E-state index in [2.05, 4.69) is 49.9 Å². The number of rotatable bonds is 7. The van der Waals surface area contributed by atoms with Crippen molar-refractivity contribution in [1.29, 1.82) is 0 Å². The van der Waals surface area contributed by atoms with Crippen LogP contribution in [0.15, 0.2) is 36.6 Å². The van der Waals surface area contributed by atoms with Crippen LogP contribution in [-0.2, 0) is 11.3 Å². The molecule has 0 fully saturated rings. The van der Waals surface area contributed by atoms with Crippen molar-refractivity contribution in [1.82, 2.24) is 0 Å². The van der Waals surface area contributed by atoms with Crippen molar-refractivity contribution in [2.24, 2.45) is 0 Å². The highest BCUT2D eigenvalue weighted by Crippen LogP contribution is 2.15. The third-order valence-electron chi connectivity index (χ3n) is 2.74. The van der Waals surface area contributed by atoms with Gasteiger partial charge in [0.15, 0.2) is 0 Å². The lowest BCUT2D eigenvalue weighted by Gasteiger charge is -2.21. The first-order chi connectivity index (χ1) is 8.31. The molecule has 0 unspecified atom stereocenters. The van der Waals surface area contributed by atoms with Crippen LogP contribution in [0.1, 0.15) is 32.8 Å². The fraction of sp³-hybridized carbons (Fsp3) is 0.467. The van der Waals surface area contributed by atoms with Crippen LogP contribution in [0.2, 0.25) is 0 Å². The van der Waals surface area contributed by atoms with Crippen LogP contribution in [-0.4, -0.2) is 13.1 Å². The molecule has 0 aliphatic heterocycles. The monoisotopic (exact) mass is 233 g/mol. The minimum Gasteiger partial charge on any atom is -0.497 e. The van der Waals surface area contributed by atoms with E-state index < -0.39 is 0 Å². The molecule has 0 heterocycles. The maximum absolute atomic E-state index is 5.42. The molecule has 0 bridgehead atoms. The minimum absolute atomic E-state index is 0.648. The molecule has 0 atom stereocenters. The Bertz CT molecular complexity index is 325. The summed E-state index contributed by atoms with van der Waals surface area (Å²) in [5, 5.41) is 0. The van der Waals surface area contributed by atoms with Gasteiger partial charge in [0.2, 0.25) is 0 Å². The van der Waals surface area contributed by atoms with Crippen molar-refractivity contribution in [3.63, 3.8) is 0 Å². The number of benzene rings is 1. The van der Waals surface area contributed by atoms with Crippen LogP contribution >= 0.6 is 0 Å². The van der Waals surface area contributed by atoms with E-state index in [9.17, 15) is 0 Å². The summed E-state index contributed by atoms with van der Waals surface area (Å²) in [6, 6.07) is 8.59. The molecule has 1 aromatic carbocycles. The van der Waals surface area contributed by atoms with Crippen LogP contribution in [0.5, 0.6) is 0 Å². The van der Waals surface area contributed by atoms with Crippen molar-refractivity contribution in [2.75, 3.05) is 18.0 Å². The Balaban J connectivity index is 2.52. The van der Waals surface area contributed by atoms with Gasteiger partial charge in [-0.05, 0) is 38.0 Å². The third-order valence-corrected chi connectivity index (χ3v) is 2.74. The molecular formula is C15H23NO. The second-order valence-electron chi connectivity index (χ2n) is 3.93. The molecule has 0 radical (unpaired) electrons. The van der Waals surface area contributed by atoms with Gasteiger partial charge in [0.05, 0.1) is 6.26 Å². The van der Waals surface area contributed by atoms with Crippen LogP contribution in [0.4, 0.5) is 5.69 Å². The summed E-state index contributed by atoms with van der Waals surface area (Å²) in [6.07, 6.45) is 4.81. The normalized spacial score (nSPS) is 10.8. The van der Waals surface area contributed by atoms with Gasteiger partial charge in [-0.25, -0.2) is 0 Å². The maximum atomic E-state index is 5.42. The zero-order chi connectivity index (χ0) is 12.5. The quantitative estimate of drug-likeness (QED) is 0.661. The lowest BCUT2D eigenvalue weighted by Crippen LogP contribution is -2.21. The SMILES string of the molecule is CCC=COCc1ccc(N(CC)CC)cc1. The number of allylic oxidation sites excluding steroid dienone is 1. The Morgan fingerprint density at radius 3 is 2.24 bits per heavy atom. The highest BCUT2D eigenvalue weighted by Gasteiger charge is 2.00. The van der Waals surface area contributed by atoms with E-state index in [1.165, 1.54) is 11.3 Å². The van der Waals surface area contributed by atoms with Crippen molar-refractivity contribution in [3.05, 3.63) is 42.2 Å². The first-order valence-corrected chi connectivity index (χ1v) is 6.42. The number of hydrogen-bond donors (Lipinski definition) is 0. The van der Waals surface area contributed by atoms with Crippen molar-refractivity contribution in [2.45, 2.75) is 33.8 Å². The second-order valence-corrected chi connectivity index (χ2v) is 3.93. The fourth-order valence-corrected chi connectivity index (χ4v) is 1.70. The zero-order valence-electron chi connectivity index (χ0n) is 11.1. The third kappa shape index (κ3) is 4.51. The Kier molecular flexibility index (Phi) is 6.23. The number of nitrogens with zero attached hydrogens (tertiary/aromatic N) is 1. The summed E-state index contributed by atoms with van der Waals surface area (Å²) < 4.78 is 5.42. The molecule has 0 aliphatic rings. The molecule has 0 saturated carbocycles. The summed E-state index contributed by atoms with van der Waals surface area (Å²) in [6.45, 7) is 9.19. The smallest absolute Gasteiger partial charge is 0.112 e. The average molecular weight is 233 g/mol. The van der Waals surface area contributed by atoms with Crippen molar-refractivity contribution >= 4 is 5.69 Å². The molecule has 0 aliphatic carbocycles. The molecule has 2 heteroatoms. The molecule has 1 aromatic rings.